The van der Waals surface area contributed by atoms with Gasteiger partial charge in [-0.1, -0.05) is 13.8 Å². The minimum atomic E-state index is -1.10. The monoisotopic (exact) mass is 251 g/mol. The lowest BCUT2D eigenvalue weighted by atomic mass is 10.1. The Morgan fingerprint density at radius 2 is 1.94 bits per heavy atom. The minimum absolute atomic E-state index is 0.0521. The van der Waals surface area contributed by atoms with Crippen LogP contribution in [0.15, 0.2) is 18.3 Å². The molecular formula is C12H17N3O3. The highest BCUT2D eigenvalue weighted by molar-refractivity contribution is 5.90. The Morgan fingerprint density at radius 3 is 2.39 bits per heavy atom. The number of carbonyl (C=O) groups excluding carboxylic acids is 1. The summed E-state index contributed by atoms with van der Waals surface area (Å²) >= 11 is 0. The average molecular weight is 251 g/mol. The van der Waals surface area contributed by atoms with Gasteiger partial charge in [-0.05, 0) is 25.0 Å². The summed E-state index contributed by atoms with van der Waals surface area (Å²) in [5, 5.41) is 14.0. The molecular weight excluding hydrogens is 234 g/mol. The molecule has 1 aromatic rings. The van der Waals surface area contributed by atoms with E-state index in [1.807, 2.05) is 20.8 Å². The van der Waals surface area contributed by atoms with Crippen LogP contribution in [0.5, 0.6) is 0 Å². The van der Waals surface area contributed by atoms with E-state index in [1.54, 1.807) is 0 Å². The van der Waals surface area contributed by atoms with E-state index >= 15 is 0 Å². The highest BCUT2D eigenvalue weighted by Crippen LogP contribution is 2.07. The van der Waals surface area contributed by atoms with Gasteiger partial charge in [0.1, 0.15) is 5.69 Å². The Balaban J connectivity index is 2.57. The molecule has 1 heterocycles. The predicted molar refractivity (Wildman–Crippen MR) is 67.7 cm³/mol. The number of carbonyl (C=O) groups is 2. The van der Waals surface area contributed by atoms with Crippen molar-refractivity contribution < 1.29 is 14.7 Å². The fraction of sp³-hybridized carbons (Fsp3) is 0.417. The molecule has 0 aromatic carbocycles. The maximum atomic E-state index is 11.6. The Hall–Kier alpha value is -2.11. The summed E-state index contributed by atoms with van der Waals surface area (Å²) in [6.07, 6.45) is 1.31. The summed E-state index contributed by atoms with van der Waals surface area (Å²) in [5.41, 5.74) is 0.393. The number of aromatic carboxylic acids is 1. The maximum absolute atomic E-state index is 11.6. The molecule has 1 rings (SSSR count). The third-order valence-electron chi connectivity index (χ3n) is 2.60. The Morgan fingerprint density at radius 1 is 1.28 bits per heavy atom. The van der Waals surface area contributed by atoms with Crippen LogP contribution < -0.4 is 10.6 Å². The fourth-order valence-electron chi connectivity index (χ4n) is 1.13. The molecule has 6 heteroatoms. The molecule has 6 nitrogen and oxygen atoms in total. The van der Waals surface area contributed by atoms with Crippen LogP contribution in [-0.2, 0) is 0 Å². The highest BCUT2D eigenvalue weighted by Gasteiger charge is 2.11. The van der Waals surface area contributed by atoms with Crippen LogP contribution in [0.1, 0.15) is 31.3 Å². The number of aromatic nitrogens is 1. The van der Waals surface area contributed by atoms with Gasteiger partial charge < -0.3 is 15.7 Å². The van der Waals surface area contributed by atoms with Crippen molar-refractivity contribution in [1.82, 2.24) is 10.3 Å². The second-order valence-electron chi connectivity index (χ2n) is 4.37. The van der Waals surface area contributed by atoms with Crippen LogP contribution in [0.2, 0.25) is 0 Å². The normalized spacial score (nSPS) is 12.0. The van der Waals surface area contributed by atoms with Crippen LogP contribution in [0, 0.1) is 5.92 Å². The number of pyridine rings is 1. The molecule has 0 aliphatic rings. The topological polar surface area (TPSA) is 91.3 Å². The number of rotatable bonds is 4. The Bertz CT molecular complexity index is 429. The standard InChI is InChI=1S/C12H17N3O3/c1-7(2)8(3)14-12(18)15-9-4-5-10(11(16)17)13-6-9/h4-8H,1-3H3,(H,16,17)(H2,14,15,18). The van der Waals surface area contributed by atoms with E-state index < -0.39 is 5.97 Å². The highest BCUT2D eigenvalue weighted by atomic mass is 16.4. The van der Waals surface area contributed by atoms with Gasteiger partial charge >= 0.3 is 12.0 Å². The van der Waals surface area contributed by atoms with Gasteiger partial charge in [-0.3, -0.25) is 0 Å². The van der Waals surface area contributed by atoms with Crippen LogP contribution in [0.4, 0.5) is 10.5 Å². The van der Waals surface area contributed by atoms with Crippen molar-refractivity contribution in [2.45, 2.75) is 26.8 Å². The van der Waals surface area contributed by atoms with Gasteiger partial charge in [0, 0.05) is 6.04 Å². The first-order valence-corrected chi connectivity index (χ1v) is 5.67. The fourth-order valence-corrected chi connectivity index (χ4v) is 1.13. The number of carboxylic acids is 1. The number of urea groups is 1. The first-order valence-electron chi connectivity index (χ1n) is 5.67. The van der Waals surface area contributed by atoms with Crippen LogP contribution >= 0.6 is 0 Å². The molecule has 2 amide bonds. The Kier molecular flexibility index (Phi) is 4.65. The molecule has 98 valence electrons. The van der Waals surface area contributed by atoms with Crippen LogP contribution in [0.3, 0.4) is 0 Å². The number of amides is 2. The molecule has 18 heavy (non-hydrogen) atoms. The number of hydrogen-bond acceptors (Lipinski definition) is 3. The van der Waals surface area contributed by atoms with Gasteiger partial charge in [0.15, 0.2) is 0 Å². The van der Waals surface area contributed by atoms with E-state index in [-0.39, 0.29) is 17.8 Å². The zero-order valence-electron chi connectivity index (χ0n) is 10.6. The number of carboxylic acid groups (broad SMARTS) is 1. The summed E-state index contributed by atoms with van der Waals surface area (Å²) in [6.45, 7) is 5.93. The third kappa shape index (κ3) is 4.04. The molecule has 0 saturated carbocycles. The summed E-state index contributed by atoms with van der Waals surface area (Å²) in [4.78, 5) is 25.9. The summed E-state index contributed by atoms with van der Waals surface area (Å²) in [6, 6.07) is 2.55. The number of hydrogen-bond donors (Lipinski definition) is 3. The molecule has 0 radical (unpaired) electrons. The lowest BCUT2D eigenvalue weighted by Crippen LogP contribution is -2.39. The van der Waals surface area contributed by atoms with Crippen molar-refractivity contribution in [2.24, 2.45) is 5.92 Å². The second kappa shape index (κ2) is 6.00. The Labute approximate surface area is 105 Å². The molecule has 1 atom stereocenters. The number of anilines is 1. The van der Waals surface area contributed by atoms with Crippen LogP contribution in [-0.4, -0.2) is 28.1 Å². The molecule has 3 N–H and O–H groups in total. The second-order valence-corrected chi connectivity index (χ2v) is 4.37. The SMILES string of the molecule is CC(C)C(C)NC(=O)Nc1ccc(C(=O)O)nc1. The van der Waals surface area contributed by atoms with Crippen molar-refractivity contribution in [3.8, 4) is 0 Å². The third-order valence-corrected chi connectivity index (χ3v) is 2.60. The molecule has 0 fully saturated rings. The van der Waals surface area contributed by atoms with Gasteiger partial charge in [-0.15, -0.1) is 0 Å². The largest absolute Gasteiger partial charge is 0.477 e. The van der Waals surface area contributed by atoms with Crippen LogP contribution in [0.25, 0.3) is 0 Å². The van der Waals surface area contributed by atoms with Crippen molar-refractivity contribution in [3.63, 3.8) is 0 Å². The molecule has 0 bridgehead atoms. The van der Waals surface area contributed by atoms with E-state index in [0.29, 0.717) is 11.6 Å². The van der Waals surface area contributed by atoms with Crippen molar-refractivity contribution in [3.05, 3.63) is 24.0 Å². The van der Waals surface area contributed by atoms with E-state index in [0.717, 1.165) is 0 Å². The van der Waals surface area contributed by atoms with Gasteiger partial charge in [0.2, 0.25) is 0 Å². The smallest absolute Gasteiger partial charge is 0.354 e. The summed E-state index contributed by atoms with van der Waals surface area (Å²) in [5.74, 6) is -0.761. The number of nitrogens with zero attached hydrogens (tertiary/aromatic N) is 1. The van der Waals surface area contributed by atoms with Gasteiger partial charge in [0.25, 0.3) is 0 Å². The molecule has 1 aromatic heterocycles. The van der Waals surface area contributed by atoms with Crippen molar-refractivity contribution >= 4 is 17.7 Å². The summed E-state index contributed by atoms with van der Waals surface area (Å²) in [7, 11) is 0. The quantitative estimate of drug-likeness (QED) is 0.762. The molecule has 1 unspecified atom stereocenters. The van der Waals surface area contributed by atoms with E-state index in [4.69, 9.17) is 5.11 Å². The lowest BCUT2D eigenvalue weighted by molar-refractivity contribution is 0.0690. The first kappa shape index (κ1) is 14.0. The average Bonchev–Trinajstić information content (AvgIpc) is 2.29. The summed E-state index contributed by atoms with van der Waals surface area (Å²) < 4.78 is 0. The zero-order chi connectivity index (χ0) is 13.7. The van der Waals surface area contributed by atoms with Gasteiger partial charge in [-0.25, -0.2) is 14.6 Å². The van der Waals surface area contributed by atoms with E-state index in [1.165, 1.54) is 18.3 Å². The number of nitrogens with one attached hydrogen (secondary N) is 2. The molecule has 0 aliphatic heterocycles. The van der Waals surface area contributed by atoms with E-state index in [2.05, 4.69) is 15.6 Å². The van der Waals surface area contributed by atoms with Crippen molar-refractivity contribution in [2.75, 3.05) is 5.32 Å². The molecule has 0 saturated heterocycles. The van der Waals surface area contributed by atoms with Crippen molar-refractivity contribution in [1.29, 1.82) is 0 Å². The zero-order valence-corrected chi connectivity index (χ0v) is 10.6. The molecule has 0 aliphatic carbocycles. The molecule has 0 spiro atoms. The predicted octanol–water partition coefficient (Wildman–Crippen LogP) is 1.95. The van der Waals surface area contributed by atoms with E-state index in [9.17, 15) is 9.59 Å². The first-order chi connectivity index (χ1) is 8.40. The van der Waals surface area contributed by atoms with Gasteiger partial charge in [0.05, 0.1) is 11.9 Å². The maximum Gasteiger partial charge on any atom is 0.354 e. The lowest BCUT2D eigenvalue weighted by Gasteiger charge is -2.17. The minimum Gasteiger partial charge on any atom is -0.477 e. The van der Waals surface area contributed by atoms with Gasteiger partial charge in [-0.2, -0.15) is 0 Å².